The highest BCUT2D eigenvalue weighted by Crippen LogP contribution is 2.35. The van der Waals surface area contributed by atoms with Crippen molar-refractivity contribution < 1.29 is 0 Å². The molecule has 2 aromatic heterocycles. The number of nitrogens with one attached hydrogen (secondary N) is 1. The van der Waals surface area contributed by atoms with E-state index in [0.717, 1.165) is 59.8 Å². The third-order valence-corrected chi connectivity index (χ3v) is 5.76. The molecule has 4 aromatic rings. The van der Waals surface area contributed by atoms with E-state index < -0.39 is 0 Å². The highest BCUT2D eigenvalue weighted by molar-refractivity contribution is 6.30. The van der Waals surface area contributed by atoms with E-state index in [1.54, 1.807) is 6.33 Å². The number of halogens is 1. The highest BCUT2D eigenvalue weighted by atomic mass is 35.5. The quantitative estimate of drug-likeness (QED) is 0.535. The van der Waals surface area contributed by atoms with Crippen molar-refractivity contribution in [1.29, 1.82) is 0 Å². The van der Waals surface area contributed by atoms with Crippen molar-refractivity contribution in [3.8, 4) is 16.8 Å². The van der Waals surface area contributed by atoms with Gasteiger partial charge in [-0.2, -0.15) is 0 Å². The van der Waals surface area contributed by atoms with Gasteiger partial charge in [-0.25, -0.2) is 15.0 Å². The minimum absolute atomic E-state index is 0.695. The van der Waals surface area contributed by atoms with Crippen molar-refractivity contribution in [3.05, 3.63) is 72.1 Å². The van der Waals surface area contributed by atoms with Crippen LogP contribution < -0.4 is 5.43 Å². The maximum absolute atomic E-state index is 6.27. The molecule has 0 aliphatic carbocycles. The molecule has 0 amide bonds. The van der Waals surface area contributed by atoms with Crippen molar-refractivity contribution >= 4 is 28.5 Å². The highest BCUT2D eigenvalue weighted by Gasteiger charge is 2.20. The Balaban J connectivity index is 1.66. The van der Waals surface area contributed by atoms with Gasteiger partial charge in [-0.05, 0) is 30.8 Å². The smallest absolute Gasteiger partial charge is 0.153 e. The van der Waals surface area contributed by atoms with Crippen LogP contribution >= 0.6 is 11.6 Å². The molecular formula is C23H23ClN6. The molecule has 5 rings (SSSR count). The molecule has 6 nitrogen and oxygen atoms in total. The van der Waals surface area contributed by atoms with Crippen molar-refractivity contribution in [2.75, 3.05) is 38.7 Å². The third kappa shape index (κ3) is 3.65. The summed E-state index contributed by atoms with van der Waals surface area (Å²) in [6, 6.07) is 18.2. The normalized spacial score (nSPS) is 15.5. The Morgan fingerprint density at radius 2 is 1.73 bits per heavy atom. The van der Waals surface area contributed by atoms with E-state index in [1.165, 1.54) is 0 Å². The molecular weight excluding hydrogens is 396 g/mol. The summed E-state index contributed by atoms with van der Waals surface area (Å²) in [5.74, 6) is 0.823. The second kappa shape index (κ2) is 8.07. The molecule has 1 saturated heterocycles. The largest absolute Gasteiger partial charge is 0.304 e. The molecule has 0 bridgehead atoms. The van der Waals surface area contributed by atoms with Crippen LogP contribution in [-0.4, -0.2) is 57.7 Å². The molecule has 0 spiro atoms. The molecule has 30 heavy (non-hydrogen) atoms. The zero-order valence-corrected chi connectivity index (χ0v) is 17.5. The molecule has 1 N–H and O–H groups in total. The lowest BCUT2D eigenvalue weighted by Crippen LogP contribution is -2.47. The molecule has 3 heterocycles. The summed E-state index contributed by atoms with van der Waals surface area (Å²) < 4.78 is 2.08. The Hall–Kier alpha value is -2.93. The van der Waals surface area contributed by atoms with E-state index >= 15 is 0 Å². The van der Waals surface area contributed by atoms with E-state index in [2.05, 4.69) is 67.4 Å². The van der Waals surface area contributed by atoms with Gasteiger partial charge in [0.25, 0.3) is 0 Å². The molecule has 1 aliphatic rings. The van der Waals surface area contributed by atoms with Crippen LogP contribution in [-0.2, 0) is 0 Å². The fraction of sp³-hybridized carbons (Fsp3) is 0.217. The summed E-state index contributed by atoms with van der Waals surface area (Å²) in [5, 5.41) is 3.93. The van der Waals surface area contributed by atoms with E-state index in [4.69, 9.17) is 11.6 Å². The van der Waals surface area contributed by atoms with Gasteiger partial charge in [0.2, 0.25) is 0 Å². The fourth-order valence-corrected chi connectivity index (χ4v) is 4.06. The Kier molecular flexibility index (Phi) is 5.12. The molecule has 7 heteroatoms. The van der Waals surface area contributed by atoms with Crippen molar-refractivity contribution in [1.82, 2.24) is 24.4 Å². The number of hydrogen-bond acceptors (Lipinski definition) is 5. The number of rotatable bonds is 4. The van der Waals surface area contributed by atoms with Crippen molar-refractivity contribution in [2.24, 2.45) is 0 Å². The number of hydrogen-bond donors (Lipinski definition) is 1. The summed E-state index contributed by atoms with van der Waals surface area (Å²) >= 11 is 6.27. The van der Waals surface area contributed by atoms with E-state index in [0.29, 0.717) is 5.02 Å². The van der Waals surface area contributed by atoms with Gasteiger partial charge in [0.1, 0.15) is 6.33 Å². The van der Waals surface area contributed by atoms with Gasteiger partial charge in [0.15, 0.2) is 11.5 Å². The number of likely N-dealkylation sites (N-methyl/N-ethyl adjacent to an activating group) is 1. The number of fused-ring (bicyclic) bond motifs is 1. The van der Waals surface area contributed by atoms with Crippen molar-refractivity contribution in [2.45, 2.75) is 0 Å². The maximum atomic E-state index is 6.27. The molecule has 0 radical (unpaired) electrons. The predicted molar refractivity (Wildman–Crippen MR) is 122 cm³/mol. The first kappa shape index (κ1) is 19.1. The minimum atomic E-state index is 0.695. The lowest BCUT2D eigenvalue weighted by molar-refractivity contribution is 0.178. The number of benzene rings is 2. The van der Waals surface area contributed by atoms with Crippen LogP contribution in [0.25, 0.3) is 27.8 Å². The zero-order chi connectivity index (χ0) is 20.5. The van der Waals surface area contributed by atoms with Gasteiger partial charge in [0, 0.05) is 48.6 Å². The summed E-state index contributed by atoms with van der Waals surface area (Å²) in [6.45, 7) is 3.93. The first-order valence-electron chi connectivity index (χ1n) is 10.1. The van der Waals surface area contributed by atoms with Crippen LogP contribution in [0.5, 0.6) is 0 Å². The van der Waals surface area contributed by atoms with Crippen LogP contribution in [0.3, 0.4) is 0 Å². The second-order valence-corrected chi connectivity index (χ2v) is 8.02. The Labute approximate surface area is 180 Å². The summed E-state index contributed by atoms with van der Waals surface area (Å²) in [7, 11) is 2.15. The van der Waals surface area contributed by atoms with E-state index in [-0.39, 0.29) is 0 Å². The fourth-order valence-electron chi connectivity index (χ4n) is 3.87. The Morgan fingerprint density at radius 3 is 2.50 bits per heavy atom. The van der Waals surface area contributed by atoms with Gasteiger partial charge in [-0.1, -0.05) is 48.0 Å². The predicted octanol–water partition coefficient (Wildman–Crippen LogP) is 4.32. The SMILES string of the molecule is CN1CCN(Nc2ncnc3c2c(-c2ccccc2)cn3-c2cccc(Cl)c2)CC1. The van der Waals surface area contributed by atoms with Crippen LogP contribution in [0.1, 0.15) is 0 Å². The molecule has 2 aromatic carbocycles. The summed E-state index contributed by atoms with van der Waals surface area (Å²) in [5.41, 5.74) is 7.58. The number of hydrazine groups is 1. The van der Waals surface area contributed by atoms with Crippen LogP contribution in [0.2, 0.25) is 5.02 Å². The summed E-state index contributed by atoms with van der Waals surface area (Å²) in [4.78, 5) is 11.6. The second-order valence-electron chi connectivity index (χ2n) is 7.58. The standard InChI is InChI=1S/C23H23ClN6/c1-28-10-12-29(13-11-28)27-22-21-20(17-6-3-2-4-7-17)15-30(23(21)26-16-25-22)19-9-5-8-18(24)14-19/h2-9,14-16H,10-13H2,1H3,(H,25,26,27). The number of nitrogens with zero attached hydrogens (tertiary/aromatic N) is 5. The lowest BCUT2D eigenvalue weighted by Gasteiger charge is -2.32. The van der Waals surface area contributed by atoms with Crippen LogP contribution in [0, 0.1) is 0 Å². The van der Waals surface area contributed by atoms with Crippen molar-refractivity contribution in [3.63, 3.8) is 0 Å². The average Bonchev–Trinajstić information content (AvgIpc) is 3.17. The molecule has 1 fully saturated rings. The molecule has 152 valence electrons. The zero-order valence-electron chi connectivity index (χ0n) is 16.8. The number of aromatic nitrogens is 3. The van der Waals surface area contributed by atoms with Gasteiger partial charge < -0.3 is 14.9 Å². The average molecular weight is 419 g/mol. The van der Waals surface area contributed by atoms with E-state index in [9.17, 15) is 0 Å². The first-order chi connectivity index (χ1) is 14.7. The number of anilines is 1. The van der Waals surface area contributed by atoms with Crippen LogP contribution in [0.4, 0.5) is 5.82 Å². The van der Waals surface area contributed by atoms with E-state index in [1.807, 2.05) is 30.3 Å². The third-order valence-electron chi connectivity index (χ3n) is 5.52. The molecule has 1 aliphatic heterocycles. The topological polar surface area (TPSA) is 49.2 Å². The Morgan fingerprint density at radius 1 is 0.933 bits per heavy atom. The monoisotopic (exact) mass is 418 g/mol. The number of piperazine rings is 1. The van der Waals surface area contributed by atoms with Gasteiger partial charge in [-0.15, -0.1) is 0 Å². The van der Waals surface area contributed by atoms with Gasteiger partial charge in [-0.3, -0.25) is 0 Å². The minimum Gasteiger partial charge on any atom is -0.304 e. The Bertz CT molecular complexity index is 1170. The van der Waals surface area contributed by atoms with Crippen LogP contribution in [0.15, 0.2) is 67.1 Å². The van der Waals surface area contributed by atoms with Gasteiger partial charge in [0.05, 0.1) is 5.39 Å². The summed E-state index contributed by atoms with van der Waals surface area (Å²) in [6.07, 6.45) is 3.74. The molecule has 0 unspecified atom stereocenters. The van der Waals surface area contributed by atoms with Gasteiger partial charge >= 0.3 is 0 Å². The molecule has 0 atom stereocenters. The first-order valence-corrected chi connectivity index (χ1v) is 10.4. The lowest BCUT2D eigenvalue weighted by atomic mass is 10.1. The maximum Gasteiger partial charge on any atom is 0.153 e. The molecule has 0 saturated carbocycles.